The van der Waals surface area contributed by atoms with E-state index in [1.165, 1.54) is 154 Å². The van der Waals surface area contributed by atoms with E-state index >= 15 is 0 Å². The van der Waals surface area contributed by atoms with E-state index in [0.29, 0.717) is 37.5 Å². The van der Waals surface area contributed by atoms with Crippen LogP contribution in [-0.4, -0.2) is 96.7 Å². The lowest BCUT2D eigenvalue weighted by molar-refractivity contribution is -0.161. The molecule has 0 spiro atoms. The molecule has 0 aliphatic rings. The summed E-state index contributed by atoms with van der Waals surface area (Å²) < 4.78 is 68.1. The van der Waals surface area contributed by atoms with Crippen LogP contribution in [0.5, 0.6) is 0 Å². The number of esters is 4. The fourth-order valence-corrected chi connectivity index (χ4v) is 12.0. The van der Waals surface area contributed by atoms with Crippen LogP contribution in [0.3, 0.4) is 0 Å². The quantitative estimate of drug-likeness (QED) is 0.0222. The molecule has 0 amide bonds. The van der Waals surface area contributed by atoms with Gasteiger partial charge in [-0.1, -0.05) is 298 Å². The van der Waals surface area contributed by atoms with E-state index < -0.39 is 97.5 Å². The first-order valence-electron chi connectivity index (χ1n) is 36.0. The van der Waals surface area contributed by atoms with Gasteiger partial charge >= 0.3 is 39.5 Å². The van der Waals surface area contributed by atoms with Crippen molar-refractivity contribution in [3.63, 3.8) is 0 Å². The monoisotopic (exact) mass is 1300 g/mol. The van der Waals surface area contributed by atoms with Gasteiger partial charge in [-0.2, -0.15) is 0 Å². The van der Waals surface area contributed by atoms with Gasteiger partial charge in [-0.05, 0) is 37.5 Å². The average molecular weight is 1300 g/mol. The summed E-state index contributed by atoms with van der Waals surface area (Å²) in [5, 5.41) is 10.6. The molecule has 0 heterocycles. The minimum Gasteiger partial charge on any atom is -0.462 e. The molecular formula is C69H134O17P2. The number of carbonyl (C=O) groups is 4. The summed E-state index contributed by atoms with van der Waals surface area (Å²) in [5.41, 5.74) is 0. The highest BCUT2D eigenvalue weighted by Crippen LogP contribution is 2.45. The van der Waals surface area contributed by atoms with Crippen LogP contribution in [0.15, 0.2) is 0 Å². The van der Waals surface area contributed by atoms with Crippen LogP contribution < -0.4 is 0 Å². The molecule has 0 saturated carbocycles. The van der Waals surface area contributed by atoms with Crippen LogP contribution in [0, 0.1) is 11.8 Å². The zero-order valence-electron chi connectivity index (χ0n) is 57.0. The molecule has 0 bridgehead atoms. The second-order valence-corrected chi connectivity index (χ2v) is 28.8. The Morgan fingerprint density at radius 2 is 0.523 bits per heavy atom. The van der Waals surface area contributed by atoms with Crippen molar-refractivity contribution in [3.8, 4) is 0 Å². The molecule has 17 nitrogen and oxygen atoms in total. The number of rotatable bonds is 68. The Kier molecular flexibility index (Phi) is 59.9. The summed E-state index contributed by atoms with van der Waals surface area (Å²) in [6.45, 7) is 9.39. The number of phosphoric acid groups is 2. The first kappa shape index (κ1) is 86.1. The number of hydrogen-bond acceptors (Lipinski definition) is 15. The molecule has 0 aromatic heterocycles. The van der Waals surface area contributed by atoms with Gasteiger partial charge in [-0.3, -0.25) is 37.3 Å². The molecular weight excluding hydrogens is 1160 g/mol. The minimum atomic E-state index is -4.95. The third kappa shape index (κ3) is 62.8. The molecule has 522 valence electrons. The number of unbranched alkanes of at least 4 members (excludes halogenated alkanes) is 38. The number of phosphoric ester groups is 2. The van der Waals surface area contributed by atoms with Gasteiger partial charge in [0, 0.05) is 25.7 Å². The maximum atomic E-state index is 13.0. The van der Waals surface area contributed by atoms with Crippen molar-refractivity contribution < 1.29 is 80.2 Å². The molecule has 5 atom stereocenters. The first-order valence-corrected chi connectivity index (χ1v) is 39.0. The Hall–Kier alpha value is -1.94. The van der Waals surface area contributed by atoms with E-state index in [9.17, 15) is 43.2 Å². The van der Waals surface area contributed by atoms with Crippen molar-refractivity contribution >= 4 is 39.5 Å². The molecule has 0 saturated heterocycles. The van der Waals surface area contributed by atoms with Crippen molar-refractivity contribution in [2.75, 3.05) is 39.6 Å². The SMILES string of the molecule is CCCCCCCCCCCCCCCCCCCCCCC(=O)O[C@H](COC(=O)CCCCCCCCCC(C)C)COP(=O)(O)OC[C@@H](O)COP(=O)(O)OC[C@@H](COC(=O)CCCCCCCCCC)OC(=O)CCCCCCCCCC(C)C. The van der Waals surface area contributed by atoms with Crippen LogP contribution in [0.1, 0.15) is 350 Å². The maximum absolute atomic E-state index is 13.0. The number of carbonyl (C=O) groups excluding carboxylic acids is 4. The van der Waals surface area contributed by atoms with E-state index in [2.05, 4.69) is 41.5 Å². The van der Waals surface area contributed by atoms with Crippen LogP contribution in [0.25, 0.3) is 0 Å². The molecule has 0 rings (SSSR count). The lowest BCUT2D eigenvalue weighted by Crippen LogP contribution is -2.30. The second kappa shape index (κ2) is 61.3. The van der Waals surface area contributed by atoms with Gasteiger partial charge in [-0.15, -0.1) is 0 Å². The number of hydrogen-bond donors (Lipinski definition) is 3. The summed E-state index contributed by atoms with van der Waals surface area (Å²) in [5.74, 6) is -0.732. The Morgan fingerprint density at radius 1 is 0.307 bits per heavy atom. The summed E-state index contributed by atoms with van der Waals surface area (Å²) in [6, 6.07) is 0. The molecule has 0 aromatic carbocycles. The Labute approximate surface area is 537 Å². The van der Waals surface area contributed by atoms with E-state index in [0.717, 1.165) is 103 Å². The van der Waals surface area contributed by atoms with Gasteiger partial charge in [0.05, 0.1) is 26.4 Å². The molecule has 2 unspecified atom stereocenters. The molecule has 88 heavy (non-hydrogen) atoms. The van der Waals surface area contributed by atoms with Gasteiger partial charge in [0.1, 0.15) is 19.3 Å². The summed E-state index contributed by atoms with van der Waals surface area (Å²) in [4.78, 5) is 72.3. The van der Waals surface area contributed by atoms with Crippen molar-refractivity contribution in [1.82, 2.24) is 0 Å². The van der Waals surface area contributed by atoms with Gasteiger partial charge in [0.15, 0.2) is 12.2 Å². The molecule has 0 fully saturated rings. The predicted molar refractivity (Wildman–Crippen MR) is 354 cm³/mol. The molecule has 0 aliphatic heterocycles. The van der Waals surface area contributed by atoms with Crippen molar-refractivity contribution in [1.29, 1.82) is 0 Å². The maximum Gasteiger partial charge on any atom is 0.472 e. The smallest absolute Gasteiger partial charge is 0.462 e. The van der Waals surface area contributed by atoms with Gasteiger partial charge in [-0.25, -0.2) is 9.13 Å². The number of aliphatic hydroxyl groups is 1. The van der Waals surface area contributed by atoms with Crippen LogP contribution in [0.2, 0.25) is 0 Å². The highest BCUT2D eigenvalue weighted by atomic mass is 31.2. The zero-order valence-corrected chi connectivity index (χ0v) is 58.8. The van der Waals surface area contributed by atoms with Crippen LogP contribution >= 0.6 is 15.6 Å². The van der Waals surface area contributed by atoms with Gasteiger partial charge in [0.2, 0.25) is 0 Å². The highest BCUT2D eigenvalue weighted by Gasteiger charge is 2.30. The van der Waals surface area contributed by atoms with E-state index in [-0.39, 0.29) is 25.7 Å². The van der Waals surface area contributed by atoms with E-state index in [4.69, 9.17) is 37.0 Å². The molecule has 0 aromatic rings. The van der Waals surface area contributed by atoms with E-state index in [1.54, 1.807) is 0 Å². The Bertz CT molecular complexity index is 1720. The molecule has 0 radical (unpaired) electrons. The van der Waals surface area contributed by atoms with Gasteiger partial charge in [0.25, 0.3) is 0 Å². The highest BCUT2D eigenvalue weighted by molar-refractivity contribution is 7.47. The van der Waals surface area contributed by atoms with E-state index in [1.807, 2.05) is 0 Å². The number of ether oxygens (including phenoxy) is 4. The fraction of sp³-hybridized carbons (Fsp3) is 0.942. The fourth-order valence-electron chi connectivity index (χ4n) is 10.4. The lowest BCUT2D eigenvalue weighted by Gasteiger charge is -2.21. The van der Waals surface area contributed by atoms with Crippen LogP contribution in [-0.2, 0) is 65.4 Å². The largest absolute Gasteiger partial charge is 0.472 e. The third-order valence-electron chi connectivity index (χ3n) is 16.0. The first-order chi connectivity index (χ1) is 42.4. The Morgan fingerprint density at radius 3 is 0.773 bits per heavy atom. The van der Waals surface area contributed by atoms with Gasteiger partial charge < -0.3 is 33.8 Å². The average Bonchev–Trinajstić information content (AvgIpc) is 3.64. The zero-order chi connectivity index (χ0) is 65.0. The van der Waals surface area contributed by atoms with Crippen molar-refractivity contribution in [2.45, 2.75) is 368 Å². The summed E-state index contributed by atoms with van der Waals surface area (Å²) in [7, 11) is -9.89. The summed E-state index contributed by atoms with van der Waals surface area (Å²) >= 11 is 0. The van der Waals surface area contributed by atoms with Crippen LogP contribution in [0.4, 0.5) is 0 Å². The van der Waals surface area contributed by atoms with Crippen molar-refractivity contribution in [3.05, 3.63) is 0 Å². The Balaban J connectivity index is 5.14. The third-order valence-corrected chi connectivity index (χ3v) is 17.9. The lowest BCUT2D eigenvalue weighted by atomic mass is 10.0. The topological polar surface area (TPSA) is 237 Å². The standard InChI is InChI=1S/C69H134O17P2/c1-7-9-11-13-15-17-18-19-20-21-22-23-24-25-26-27-28-34-41-47-53-68(73)85-64(58-80-67(72)52-46-40-35-29-31-37-43-49-61(3)4)59-83-87(75,76)81-55-63(70)56-82-88(77,78)84-60-65(57-79-66(71)51-45-39-33-16-14-12-10-8-2)86-69(74)54-48-42-36-30-32-38-44-50-62(5)6/h61-65,70H,7-60H2,1-6H3,(H,75,76)(H,77,78)/t63-,64-,65-/m1/s1. The molecule has 3 N–H and O–H groups in total. The minimum absolute atomic E-state index is 0.103. The molecule has 19 heteroatoms. The van der Waals surface area contributed by atoms with Crippen molar-refractivity contribution in [2.24, 2.45) is 11.8 Å². The molecule has 0 aliphatic carbocycles. The number of aliphatic hydroxyl groups excluding tert-OH is 1. The second-order valence-electron chi connectivity index (χ2n) is 25.9. The normalized spacial score (nSPS) is 14.2. The summed E-state index contributed by atoms with van der Waals surface area (Å²) in [6.07, 6.45) is 46.2. The predicted octanol–water partition coefficient (Wildman–Crippen LogP) is 19.6.